The van der Waals surface area contributed by atoms with Crippen LogP contribution >= 0.6 is 23.8 Å². The summed E-state index contributed by atoms with van der Waals surface area (Å²) in [5.74, 6) is 0.376. The molecule has 0 saturated carbocycles. The second-order valence-electron chi connectivity index (χ2n) is 6.19. The zero-order valence-corrected chi connectivity index (χ0v) is 16.7. The number of carbonyl (C=O) groups is 1. The van der Waals surface area contributed by atoms with Crippen molar-refractivity contribution in [2.75, 3.05) is 12.4 Å². The number of benzene rings is 1. The van der Waals surface area contributed by atoms with Crippen molar-refractivity contribution in [3.8, 4) is 0 Å². The normalized spacial score (nSPS) is 16.8. The summed E-state index contributed by atoms with van der Waals surface area (Å²) in [5, 5.41) is 21.1. The molecular weight excluding hydrogens is 406 g/mol. The van der Waals surface area contributed by atoms with E-state index in [0.29, 0.717) is 27.7 Å². The fraction of sp³-hybridized carbons (Fsp3) is 0.235. The summed E-state index contributed by atoms with van der Waals surface area (Å²) in [6.07, 6.45) is 0. The molecule has 0 unspecified atom stereocenters. The summed E-state index contributed by atoms with van der Waals surface area (Å²) in [6, 6.07) is 5.24. The molecular formula is C17H16ClN5O4S. The van der Waals surface area contributed by atoms with Crippen molar-refractivity contribution in [2.24, 2.45) is 0 Å². The van der Waals surface area contributed by atoms with Crippen molar-refractivity contribution in [1.82, 2.24) is 15.4 Å². The summed E-state index contributed by atoms with van der Waals surface area (Å²) in [4.78, 5) is 25.3. The third kappa shape index (κ3) is 3.69. The second-order valence-corrected chi connectivity index (χ2v) is 6.98. The molecule has 0 spiro atoms. The van der Waals surface area contributed by atoms with E-state index in [2.05, 4.69) is 15.8 Å². The standard InChI is InChI=1S/C17H16ClN5O4S/c1-8-6-13(21-27-8)19-16(24)14-9(2)22(3)17(28)20-15(14)10-4-5-11(18)12(7-10)23(25)26/h4-7,15H,1-3H3,(H,20,28)(H,19,21,24)/t15-/m0/s1. The molecule has 0 aliphatic carbocycles. The number of thiocarbonyl (C=S) groups is 1. The lowest BCUT2D eigenvalue weighted by molar-refractivity contribution is -0.384. The first-order valence-electron chi connectivity index (χ1n) is 8.12. The Morgan fingerprint density at radius 2 is 2.14 bits per heavy atom. The molecule has 0 radical (unpaired) electrons. The Kier molecular flexibility index (Phi) is 5.34. The van der Waals surface area contributed by atoms with Crippen LogP contribution in [0, 0.1) is 17.0 Å². The van der Waals surface area contributed by atoms with E-state index in [1.54, 1.807) is 37.9 Å². The molecule has 0 saturated heterocycles. The number of carbonyl (C=O) groups excluding carboxylic acids is 1. The molecule has 2 heterocycles. The van der Waals surface area contributed by atoms with Gasteiger partial charge in [0.15, 0.2) is 10.9 Å². The van der Waals surface area contributed by atoms with Crippen molar-refractivity contribution in [3.05, 3.63) is 62.0 Å². The smallest absolute Gasteiger partial charge is 0.288 e. The number of halogens is 1. The molecule has 1 aliphatic heterocycles. The number of allylic oxidation sites excluding steroid dienone is 1. The monoisotopic (exact) mass is 421 g/mol. The fourth-order valence-corrected chi connectivity index (χ4v) is 3.28. The summed E-state index contributed by atoms with van der Waals surface area (Å²) >= 11 is 11.2. The lowest BCUT2D eigenvalue weighted by Gasteiger charge is -2.35. The van der Waals surface area contributed by atoms with Crippen LogP contribution in [0.1, 0.15) is 24.3 Å². The number of aromatic nitrogens is 1. The van der Waals surface area contributed by atoms with Gasteiger partial charge in [0.25, 0.3) is 11.6 Å². The van der Waals surface area contributed by atoms with Crippen molar-refractivity contribution in [1.29, 1.82) is 0 Å². The third-order valence-corrected chi connectivity index (χ3v) is 5.08. The molecule has 2 N–H and O–H groups in total. The minimum atomic E-state index is -0.701. The molecule has 0 fully saturated rings. The molecule has 28 heavy (non-hydrogen) atoms. The topological polar surface area (TPSA) is 114 Å². The Labute approximate surface area is 170 Å². The van der Waals surface area contributed by atoms with Gasteiger partial charge < -0.3 is 20.1 Å². The Morgan fingerprint density at radius 3 is 2.75 bits per heavy atom. The highest BCUT2D eigenvalue weighted by atomic mass is 35.5. The number of hydrogen-bond acceptors (Lipinski definition) is 6. The molecule has 146 valence electrons. The number of anilines is 1. The van der Waals surface area contributed by atoms with E-state index >= 15 is 0 Å². The first-order chi connectivity index (χ1) is 13.2. The van der Waals surface area contributed by atoms with Crippen LogP contribution in [0.25, 0.3) is 0 Å². The summed E-state index contributed by atoms with van der Waals surface area (Å²) in [6.45, 7) is 3.45. The fourth-order valence-electron chi connectivity index (χ4n) is 2.84. The van der Waals surface area contributed by atoms with Gasteiger partial charge in [-0.2, -0.15) is 0 Å². The van der Waals surface area contributed by atoms with Gasteiger partial charge in [-0.1, -0.05) is 22.8 Å². The van der Waals surface area contributed by atoms with Gasteiger partial charge in [-0.05, 0) is 37.7 Å². The van der Waals surface area contributed by atoms with Gasteiger partial charge in [-0.25, -0.2) is 0 Å². The number of amides is 1. The predicted octanol–water partition coefficient (Wildman–Crippen LogP) is 3.32. The molecule has 11 heteroatoms. The summed E-state index contributed by atoms with van der Waals surface area (Å²) in [7, 11) is 1.72. The lowest BCUT2D eigenvalue weighted by atomic mass is 9.94. The Morgan fingerprint density at radius 1 is 1.43 bits per heavy atom. The van der Waals surface area contributed by atoms with Crippen LogP contribution < -0.4 is 10.6 Å². The largest absolute Gasteiger partial charge is 0.360 e. The molecule has 1 amide bonds. The number of nitro benzene ring substituents is 1. The highest BCUT2D eigenvalue weighted by molar-refractivity contribution is 7.80. The first kappa shape index (κ1) is 19.8. The maximum Gasteiger partial charge on any atom is 0.288 e. The molecule has 1 aromatic carbocycles. The maximum atomic E-state index is 13.0. The molecule has 3 rings (SSSR count). The van der Waals surface area contributed by atoms with Crippen LogP contribution in [0.2, 0.25) is 5.02 Å². The van der Waals surface area contributed by atoms with E-state index < -0.39 is 16.9 Å². The number of nitro groups is 1. The zero-order chi connectivity index (χ0) is 20.6. The predicted molar refractivity (Wildman–Crippen MR) is 107 cm³/mol. The number of nitrogens with one attached hydrogen (secondary N) is 2. The Balaban J connectivity index is 2.05. The van der Waals surface area contributed by atoms with Crippen LogP contribution in [-0.4, -0.2) is 33.0 Å². The van der Waals surface area contributed by atoms with Crippen molar-refractivity contribution >= 4 is 46.3 Å². The number of rotatable bonds is 4. The quantitative estimate of drug-likeness (QED) is 0.439. The van der Waals surface area contributed by atoms with Crippen LogP contribution in [0.15, 0.2) is 40.1 Å². The van der Waals surface area contributed by atoms with Crippen molar-refractivity contribution in [3.63, 3.8) is 0 Å². The molecule has 0 bridgehead atoms. The molecule has 1 atom stereocenters. The zero-order valence-electron chi connectivity index (χ0n) is 15.1. The average molecular weight is 422 g/mol. The molecule has 1 aliphatic rings. The van der Waals surface area contributed by atoms with Gasteiger partial charge in [0.2, 0.25) is 0 Å². The molecule has 9 nitrogen and oxygen atoms in total. The van der Waals surface area contributed by atoms with Crippen molar-refractivity contribution < 1.29 is 14.2 Å². The minimum Gasteiger partial charge on any atom is -0.360 e. The van der Waals surface area contributed by atoms with Crippen LogP contribution in [-0.2, 0) is 4.79 Å². The van der Waals surface area contributed by atoms with E-state index in [0.717, 1.165) is 0 Å². The Bertz CT molecular complexity index is 1020. The van der Waals surface area contributed by atoms with Gasteiger partial charge in [0, 0.05) is 24.9 Å². The van der Waals surface area contributed by atoms with E-state index in [1.807, 2.05) is 0 Å². The summed E-state index contributed by atoms with van der Waals surface area (Å²) in [5.41, 5.74) is 1.17. The SMILES string of the molecule is CC1=C(C(=O)Nc2cc(C)on2)[C@H](c2ccc(Cl)c([N+](=O)[O-])c2)NC(=S)N1C. The number of aryl methyl sites for hydroxylation is 1. The minimum absolute atomic E-state index is 0.00836. The van der Waals surface area contributed by atoms with Gasteiger partial charge >= 0.3 is 0 Å². The van der Waals surface area contributed by atoms with Gasteiger partial charge in [0.05, 0.1) is 16.5 Å². The Hall–Kier alpha value is -2.98. The summed E-state index contributed by atoms with van der Waals surface area (Å²) < 4.78 is 4.97. The van der Waals surface area contributed by atoms with E-state index in [4.69, 9.17) is 28.3 Å². The maximum absolute atomic E-state index is 13.0. The van der Waals surface area contributed by atoms with Crippen LogP contribution in [0.4, 0.5) is 11.5 Å². The van der Waals surface area contributed by atoms with E-state index in [-0.39, 0.29) is 16.5 Å². The first-order valence-corrected chi connectivity index (χ1v) is 8.91. The number of hydrogen-bond donors (Lipinski definition) is 2. The van der Waals surface area contributed by atoms with Crippen LogP contribution in [0.3, 0.4) is 0 Å². The average Bonchev–Trinajstić information content (AvgIpc) is 3.04. The highest BCUT2D eigenvalue weighted by Crippen LogP contribution is 2.34. The third-order valence-electron chi connectivity index (χ3n) is 4.37. The molecule has 1 aromatic heterocycles. The van der Waals surface area contributed by atoms with Crippen LogP contribution in [0.5, 0.6) is 0 Å². The molecule has 2 aromatic rings. The van der Waals surface area contributed by atoms with Crippen molar-refractivity contribution in [2.45, 2.75) is 19.9 Å². The van der Waals surface area contributed by atoms with Gasteiger partial charge in [-0.3, -0.25) is 14.9 Å². The second kappa shape index (κ2) is 7.56. The number of nitrogens with zero attached hydrogens (tertiary/aromatic N) is 3. The van der Waals surface area contributed by atoms with Gasteiger partial charge in [0.1, 0.15) is 10.8 Å². The lowest BCUT2D eigenvalue weighted by Crippen LogP contribution is -2.46. The highest BCUT2D eigenvalue weighted by Gasteiger charge is 2.33. The van der Waals surface area contributed by atoms with Gasteiger partial charge in [-0.15, -0.1) is 0 Å². The van der Waals surface area contributed by atoms with E-state index in [9.17, 15) is 14.9 Å². The van der Waals surface area contributed by atoms with E-state index in [1.165, 1.54) is 12.1 Å².